The number of amides is 1. The van der Waals surface area contributed by atoms with Crippen LogP contribution in [0.15, 0.2) is 58.3 Å². The van der Waals surface area contributed by atoms with Gasteiger partial charge < -0.3 is 5.32 Å². The van der Waals surface area contributed by atoms with Crippen LogP contribution < -0.4 is 10.5 Å². The molecule has 0 aliphatic carbocycles. The Balaban J connectivity index is 2.20. The number of thioether (sulfide) groups is 1. The van der Waals surface area contributed by atoms with E-state index in [9.17, 15) is 13.2 Å². The maximum absolute atomic E-state index is 12.4. The highest BCUT2D eigenvalue weighted by Crippen LogP contribution is 2.27. The minimum Gasteiger partial charge on any atom is -0.322 e. The van der Waals surface area contributed by atoms with Crippen molar-refractivity contribution in [2.75, 3.05) is 5.32 Å². The van der Waals surface area contributed by atoms with Gasteiger partial charge in [-0.25, -0.2) is 13.6 Å². The molecule has 0 aliphatic rings. The number of carbonyl (C=O) groups is 1. The summed E-state index contributed by atoms with van der Waals surface area (Å²) in [5.41, 5.74) is 1.09. The Labute approximate surface area is 140 Å². The Morgan fingerprint density at radius 3 is 2.26 bits per heavy atom. The lowest BCUT2D eigenvalue weighted by molar-refractivity contribution is 0.102. The first-order valence-corrected chi connectivity index (χ1v) is 9.40. The standard InChI is InChI=1S/C16H18N2O3S2/c1-11(2)22-15-6-4-3-5-14(15)16(19)18-12-7-9-13(10-8-12)23(17,20)21/h3-11H,1-2H3,(H,18,19)(H2,17,20,21). The quantitative estimate of drug-likeness (QED) is 0.811. The number of benzene rings is 2. The topological polar surface area (TPSA) is 89.3 Å². The van der Waals surface area contributed by atoms with Crippen molar-refractivity contribution in [2.45, 2.75) is 28.9 Å². The minimum atomic E-state index is -3.74. The first-order valence-electron chi connectivity index (χ1n) is 6.97. The van der Waals surface area contributed by atoms with Gasteiger partial charge in [-0.05, 0) is 36.4 Å². The van der Waals surface area contributed by atoms with Crippen molar-refractivity contribution < 1.29 is 13.2 Å². The van der Waals surface area contributed by atoms with Gasteiger partial charge in [0.15, 0.2) is 0 Å². The summed E-state index contributed by atoms with van der Waals surface area (Å²) >= 11 is 1.61. The predicted octanol–water partition coefficient (Wildman–Crippen LogP) is 3.09. The van der Waals surface area contributed by atoms with Gasteiger partial charge in [-0.3, -0.25) is 4.79 Å². The van der Waals surface area contributed by atoms with Crippen molar-refractivity contribution in [3.8, 4) is 0 Å². The lowest BCUT2D eigenvalue weighted by Crippen LogP contribution is -2.14. The molecule has 0 saturated carbocycles. The van der Waals surface area contributed by atoms with Crippen LogP contribution in [-0.4, -0.2) is 19.6 Å². The molecule has 0 radical (unpaired) electrons. The molecule has 0 bridgehead atoms. The second-order valence-corrected chi connectivity index (χ2v) is 8.37. The molecular weight excluding hydrogens is 332 g/mol. The van der Waals surface area contributed by atoms with Crippen molar-refractivity contribution in [1.82, 2.24) is 0 Å². The lowest BCUT2D eigenvalue weighted by atomic mass is 10.2. The van der Waals surface area contributed by atoms with Crippen molar-refractivity contribution in [2.24, 2.45) is 5.14 Å². The highest BCUT2D eigenvalue weighted by Gasteiger charge is 2.13. The van der Waals surface area contributed by atoms with E-state index < -0.39 is 10.0 Å². The molecule has 0 spiro atoms. The summed E-state index contributed by atoms with van der Waals surface area (Å²) in [7, 11) is -3.74. The number of carbonyl (C=O) groups excluding carboxylic acids is 1. The fraction of sp³-hybridized carbons (Fsp3) is 0.188. The zero-order valence-electron chi connectivity index (χ0n) is 12.8. The summed E-state index contributed by atoms with van der Waals surface area (Å²) in [5.74, 6) is -0.239. The van der Waals surface area contributed by atoms with E-state index in [2.05, 4.69) is 19.2 Å². The second-order valence-electron chi connectivity index (χ2n) is 5.19. The van der Waals surface area contributed by atoms with Crippen LogP contribution in [-0.2, 0) is 10.0 Å². The molecule has 0 fully saturated rings. The number of primary sulfonamides is 1. The van der Waals surface area contributed by atoms with Crippen LogP contribution in [0.5, 0.6) is 0 Å². The van der Waals surface area contributed by atoms with Crippen LogP contribution in [0.25, 0.3) is 0 Å². The second kappa shape index (κ2) is 7.16. The molecule has 0 aliphatic heterocycles. The Bertz CT molecular complexity index is 800. The van der Waals surface area contributed by atoms with Crippen molar-refractivity contribution in [1.29, 1.82) is 0 Å². The van der Waals surface area contributed by atoms with Gasteiger partial charge in [-0.1, -0.05) is 26.0 Å². The Morgan fingerprint density at radius 2 is 1.70 bits per heavy atom. The number of hydrogen-bond acceptors (Lipinski definition) is 4. The average Bonchev–Trinajstić information content (AvgIpc) is 2.46. The molecule has 3 N–H and O–H groups in total. The zero-order valence-corrected chi connectivity index (χ0v) is 14.4. The van der Waals surface area contributed by atoms with E-state index >= 15 is 0 Å². The molecule has 0 aromatic heterocycles. The minimum absolute atomic E-state index is 0.00580. The molecule has 0 unspecified atom stereocenters. The Hall–Kier alpha value is -1.83. The van der Waals surface area contributed by atoms with Gasteiger partial charge in [0.1, 0.15) is 0 Å². The van der Waals surface area contributed by atoms with Crippen molar-refractivity contribution in [3.05, 3.63) is 54.1 Å². The third kappa shape index (κ3) is 4.82. The average molecular weight is 350 g/mol. The molecule has 2 aromatic rings. The van der Waals surface area contributed by atoms with E-state index in [0.29, 0.717) is 16.5 Å². The number of rotatable bonds is 5. The molecular formula is C16H18N2O3S2. The molecule has 122 valence electrons. The molecule has 7 heteroatoms. The number of nitrogens with one attached hydrogen (secondary N) is 1. The van der Waals surface area contributed by atoms with Crippen LogP contribution in [0.3, 0.4) is 0 Å². The number of anilines is 1. The fourth-order valence-electron chi connectivity index (χ4n) is 1.94. The fourth-order valence-corrected chi connectivity index (χ4v) is 3.41. The predicted molar refractivity (Wildman–Crippen MR) is 93.2 cm³/mol. The molecule has 0 atom stereocenters. The normalized spacial score (nSPS) is 11.5. The smallest absolute Gasteiger partial charge is 0.256 e. The third-order valence-electron chi connectivity index (χ3n) is 2.94. The Morgan fingerprint density at radius 1 is 1.09 bits per heavy atom. The molecule has 0 saturated heterocycles. The van der Waals surface area contributed by atoms with E-state index in [4.69, 9.17) is 5.14 Å². The van der Waals surface area contributed by atoms with Gasteiger partial charge in [-0.2, -0.15) is 0 Å². The largest absolute Gasteiger partial charge is 0.322 e. The van der Waals surface area contributed by atoms with E-state index in [0.717, 1.165) is 4.90 Å². The zero-order chi connectivity index (χ0) is 17.0. The summed E-state index contributed by atoms with van der Waals surface area (Å²) in [4.78, 5) is 13.3. The third-order valence-corrected chi connectivity index (χ3v) is 4.95. The summed E-state index contributed by atoms with van der Waals surface area (Å²) < 4.78 is 22.4. The molecule has 5 nitrogen and oxygen atoms in total. The van der Waals surface area contributed by atoms with E-state index in [1.165, 1.54) is 24.3 Å². The van der Waals surface area contributed by atoms with Crippen LogP contribution in [0, 0.1) is 0 Å². The summed E-state index contributed by atoms with van der Waals surface area (Å²) in [5, 5.41) is 8.17. The number of nitrogens with two attached hydrogens (primary N) is 1. The summed E-state index contributed by atoms with van der Waals surface area (Å²) in [6.07, 6.45) is 0. The number of sulfonamides is 1. The van der Waals surface area contributed by atoms with Gasteiger partial charge in [0, 0.05) is 15.8 Å². The molecule has 1 amide bonds. The van der Waals surface area contributed by atoms with E-state index in [-0.39, 0.29) is 10.8 Å². The van der Waals surface area contributed by atoms with Crippen molar-refractivity contribution in [3.63, 3.8) is 0 Å². The first-order chi connectivity index (χ1) is 10.8. The van der Waals surface area contributed by atoms with Crippen LogP contribution in [0.2, 0.25) is 0 Å². The SMILES string of the molecule is CC(C)Sc1ccccc1C(=O)Nc1ccc(S(N)(=O)=O)cc1. The molecule has 2 rings (SSSR count). The van der Waals surface area contributed by atoms with Gasteiger partial charge in [0.05, 0.1) is 10.5 Å². The van der Waals surface area contributed by atoms with Crippen LogP contribution >= 0.6 is 11.8 Å². The maximum atomic E-state index is 12.4. The number of hydrogen-bond donors (Lipinski definition) is 2. The van der Waals surface area contributed by atoms with Gasteiger partial charge in [0.25, 0.3) is 5.91 Å². The first kappa shape index (κ1) is 17.5. The highest BCUT2D eigenvalue weighted by atomic mass is 32.2. The van der Waals surface area contributed by atoms with Crippen molar-refractivity contribution >= 4 is 33.4 Å². The maximum Gasteiger partial charge on any atom is 0.256 e. The Kier molecular flexibility index (Phi) is 5.46. The molecule has 2 aromatic carbocycles. The summed E-state index contributed by atoms with van der Waals surface area (Å²) in [6, 6.07) is 13.1. The molecule has 23 heavy (non-hydrogen) atoms. The van der Waals surface area contributed by atoms with Gasteiger partial charge >= 0.3 is 0 Å². The van der Waals surface area contributed by atoms with E-state index in [1.807, 2.05) is 18.2 Å². The van der Waals surface area contributed by atoms with E-state index in [1.54, 1.807) is 17.8 Å². The highest BCUT2D eigenvalue weighted by molar-refractivity contribution is 8.00. The van der Waals surface area contributed by atoms with Crippen LogP contribution in [0.1, 0.15) is 24.2 Å². The van der Waals surface area contributed by atoms with Gasteiger partial charge in [-0.15, -0.1) is 11.8 Å². The molecule has 0 heterocycles. The van der Waals surface area contributed by atoms with Crippen LogP contribution in [0.4, 0.5) is 5.69 Å². The monoisotopic (exact) mass is 350 g/mol. The van der Waals surface area contributed by atoms with Gasteiger partial charge in [0.2, 0.25) is 10.0 Å². The summed E-state index contributed by atoms with van der Waals surface area (Å²) in [6.45, 7) is 4.12. The lowest BCUT2D eigenvalue weighted by Gasteiger charge is -2.11.